The van der Waals surface area contributed by atoms with E-state index >= 15 is 0 Å². The van der Waals surface area contributed by atoms with E-state index in [1.807, 2.05) is 0 Å². The molecule has 1 aromatic heterocycles. The molecule has 0 saturated heterocycles. The molecule has 0 bridgehead atoms. The average molecular weight is 344 g/mol. The number of halogens is 3. The molecule has 0 saturated carbocycles. The third-order valence-electron chi connectivity index (χ3n) is 3.04. The fourth-order valence-electron chi connectivity index (χ4n) is 1.99. The van der Waals surface area contributed by atoms with Gasteiger partial charge in [-0.25, -0.2) is 13.1 Å². The Morgan fingerprint density at radius 2 is 1.87 bits per heavy atom. The monoisotopic (exact) mass is 344 g/mol. The zero-order chi connectivity index (χ0) is 16.9. The number of pyridine rings is 1. The second kappa shape index (κ2) is 7.10. The molecule has 0 amide bonds. The highest BCUT2D eigenvalue weighted by Crippen LogP contribution is 2.29. The van der Waals surface area contributed by atoms with E-state index in [4.69, 9.17) is 0 Å². The minimum Gasteiger partial charge on any atom is -0.261 e. The van der Waals surface area contributed by atoms with E-state index in [1.54, 1.807) is 24.4 Å². The molecule has 0 spiro atoms. The van der Waals surface area contributed by atoms with Gasteiger partial charge in [-0.2, -0.15) is 13.2 Å². The van der Waals surface area contributed by atoms with Crippen LogP contribution in [0, 0.1) is 0 Å². The lowest BCUT2D eigenvalue weighted by atomic mass is 10.1. The highest BCUT2D eigenvalue weighted by Gasteiger charge is 2.30. The van der Waals surface area contributed by atoms with Crippen molar-refractivity contribution >= 4 is 10.0 Å². The van der Waals surface area contributed by atoms with Crippen molar-refractivity contribution in [1.29, 1.82) is 0 Å². The first-order chi connectivity index (χ1) is 10.8. The Bertz CT molecular complexity index is 747. The van der Waals surface area contributed by atoms with E-state index in [2.05, 4.69) is 9.71 Å². The van der Waals surface area contributed by atoms with Crippen LogP contribution in [-0.2, 0) is 28.4 Å². The van der Waals surface area contributed by atoms with Gasteiger partial charge in [-0.3, -0.25) is 4.98 Å². The van der Waals surface area contributed by atoms with Gasteiger partial charge in [0.2, 0.25) is 10.0 Å². The van der Waals surface area contributed by atoms with Crippen LogP contribution in [0.15, 0.2) is 48.7 Å². The molecule has 124 valence electrons. The zero-order valence-corrected chi connectivity index (χ0v) is 12.9. The number of hydrogen-bond donors (Lipinski definition) is 1. The SMILES string of the molecule is O=S(=O)(Cc1cccc(C(F)(F)F)c1)NCCc1ccccn1. The molecule has 2 aromatic rings. The summed E-state index contributed by atoms with van der Waals surface area (Å²) >= 11 is 0. The molecule has 1 aromatic carbocycles. The Morgan fingerprint density at radius 3 is 2.52 bits per heavy atom. The quantitative estimate of drug-likeness (QED) is 0.877. The van der Waals surface area contributed by atoms with Crippen molar-refractivity contribution in [2.45, 2.75) is 18.3 Å². The summed E-state index contributed by atoms with van der Waals surface area (Å²) in [5.74, 6) is -0.501. The van der Waals surface area contributed by atoms with Crippen molar-refractivity contribution in [3.8, 4) is 0 Å². The zero-order valence-electron chi connectivity index (χ0n) is 12.0. The van der Waals surface area contributed by atoms with E-state index in [1.165, 1.54) is 12.1 Å². The van der Waals surface area contributed by atoms with Crippen molar-refractivity contribution in [2.75, 3.05) is 6.54 Å². The van der Waals surface area contributed by atoms with Crippen LogP contribution >= 0.6 is 0 Å². The van der Waals surface area contributed by atoms with Gasteiger partial charge in [0.1, 0.15) is 0 Å². The summed E-state index contributed by atoms with van der Waals surface area (Å²) < 4.78 is 64.1. The maximum atomic E-state index is 12.6. The molecule has 0 fully saturated rings. The molecule has 2 rings (SSSR count). The predicted octanol–water partition coefficient (Wildman–Crippen LogP) is 2.76. The molecule has 0 aliphatic rings. The van der Waals surface area contributed by atoms with Crippen LogP contribution in [-0.4, -0.2) is 19.9 Å². The van der Waals surface area contributed by atoms with Crippen LogP contribution in [0.4, 0.5) is 13.2 Å². The molecule has 1 N–H and O–H groups in total. The number of benzene rings is 1. The predicted molar refractivity (Wildman–Crippen MR) is 80.0 cm³/mol. The highest BCUT2D eigenvalue weighted by atomic mass is 32.2. The Kier molecular flexibility index (Phi) is 5.38. The maximum Gasteiger partial charge on any atom is 0.416 e. The first-order valence-electron chi connectivity index (χ1n) is 6.80. The molecular weight excluding hydrogens is 329 g/mol. The molecule has 0 unspecified atom stereocenters. The molecule has 8 heteroatoms. The number of nitrogens with zero attached hydrogens (tertiary/aromatic N) is 1. The molecule has 0 radical (unpaired) electrons. The summed E-state index contributed by atoms with van der Waals surface area (Å²) in [4.78, 5) is 4.06. The third-order valence-corrected chi connectivity index (χ3v) is 4.40. The fraction of sp³-hybridized carbons (Fsp3) is 0.267. The molecular formula is C15H15F3N2O2S. The van der Waals surface area contributed by atoms with E-state index in [-0.39, 0.29) is 12.1 Å². The van der Waals surface area contributed by atoms with Gasteiger partial charge in [-0.1, -0.05) is 24.3 Å². The van der Waals surface area contributed by atoms with Crippen molar-refractivity contribution in [3.05, 3.63) is 65.5 Å². The van der Waals surface area contributed by atoms with Crippen molar-refractivity contribution < 1.29 is 21.6 Å². The van der Waals surface area contributed by atoms with Crippen LogP contribution in [0.5, 0.6) is 0 Å². The van der Waals surface area contributed by atoms with Crippen LogP contribution in [0.1, 0.15) is 16.8 Å². The van der Waals surface area contributed by atoms with E-state index in [0.717, 1.165) is 17.8 Å². The number of alkyl halides is 3. The summed E-state index contributed by atoms with van der Waals surface area (Å²) in [5.41, 5.74) is -0.0434. The minimum absolute atomic E-state index is 0.0881. The van der Waals surface area contributed by atoms with Gasteiger partial charge in [0, 0.05) is 24.9 Å². The second-order valence-electron chi connectivity index (χ2n) is 4.92. The number of hydrogen-bond acceptors (Lipinski definition) is 3. The van der Waals surface area contributed by atoms with Gasteiger partial charge in [0.25, 0.3) is 0 Å². The second-order valence-corrected chi connectivity index (χ2v) is 6.73. The van der Waals surface area contributed by atoms with Gasteiger partial charge in [0.05, 0.1) is 11.3 Å². The Hall–Kier alpha value is -1.93. The summed E-state index contributed by atoms with van der Waals surface area (Å²) in [6.07, 6.45) is -2.48. The lowest BCUT2D eigenvalue weighted by Gasteiger charge is -2.10. The number of nitrogens with one attached hydrogen (secondary N) is 1. The highest BCUT2D eigenvalue weighted by molar-refractivity contribution is 7.88. The van der Waals surface area contributed by atoms with E-state index in [0.29, 0.717) is 6.42 Å². The minimum atomic E-state index is -4.49. The number of sulfonamides is 1. The Balaban J connectivity index is 1.96. The van der Waals surface area contributed by atoms with E-state index < -0.39 is 27.5 Å². The largest absolute Gasteiger partial charge is 0.416 e. The maximum absolute atomic E-state index is 12.6. The van der Waals surface area contributed by atoms with Gasteiger partial charge < -0.3 is 0 Å². The number of aromatic nitrogens is 1. The van der Waals surface area contributed by atoms with Gasteiger partial charge in [-0.15, -0.1) is 0 Å². The first-order valence-corrected chi connectivity index (χ1v) is 8.45. The van der Waals surface area contributed by atoms with Crippen molar-refractivity contribution in [2.24, 2.45) is 0 Å². The summed E-state index contributed by atoms with van der Waals surface area (Å²) in [6.45, 7) is 0.137. The normalized spacial score (nSPS) is 12.3. The Morgan fingerprint density at radius 1 is 1.09 bits per heavy atom. The lowest BCUT2D eigenvalue weighted by Crippen LogP contribution is -2.27. The van der Waals surface area contributed by atoms with Crippen molar-refractivity contribution in [3.63, 3.8) is 0 Å². The van der Waals surface area contributed by atoms with Gasteiger partial charge in [0.15, 0.2) is 0 Å². The molecule has 1 heterocycles. The van der Waals surface area contributed by atoms with Gasteiger partial charge >= 0.3 is 6.18 Å². The molecule has 23 heavy (non-hydrogen) atoms. The van der Waals surface area contributed by atoms with Crippen LogP contribution in [0.3, 0.4) is 0 Å². The molecule has 0 atom stereocenters. The summed E-state index contributed by atoms with van der Waals surface area (Å²) in [5, 5.41) is 0. The number of rotatable bonds is 6. The van der Waals surface area contributed by atoms with Gasteiger partial charge in [-0.05, 0) is 23.8 Å². The summed E-state index contributed by atoms with van der Waals surface area (Å²) in [7, 11) is -3.71. The standard InChI is InChI=1S/C15H15F3N2O2S/c16-15(17,18)13-5-3-4-12(10-13)11-23(21,22)20-9-7-14-6-1-2-8-19-14/h1-6,8,10,20H,7,9,11H2. The smallest absolute Gasteiger partial charge is 0.261 e. The topological polar surface area (TPSA) is 59.1 Å². The van der Waals surface area contributed by atoms with Crippen LogP contribution in [0.25, 0.3) is 0 Å². The molecule has 0 aliphatic carbocycles. The van der Waals surface area contributed by atoms with Crippen LogP contribution in [0.2, 0.25) is 0 Å². The first kappa shape index (κ1) is 17.4. The molecule has 0 aliphatic heterocycles. The third kappa shape index (κ3) is 5.65. The molecule has 4 nitrogen and oxygen atoms in total. The summed E-state index contributed by atoms with van der Waals surface area (Å²) in [6, 6.07) is 9.61. The van der Waals surface area contributed by atoms with Crippen molar-refractivity contribution in [1.82, 2.24) is 9.71 Å². The fourth-order valence-corrected chi connectivity index (χ4v) is 3.12. The van der Waals surface area contributed by atoms with Crippen LogP contribution < -0.4 is 4.72 Å². The van der Waals surface area contributed by atoms with E-state index in [9.17, 15) is 21.6 Å². The average Bonchev–Trinajstić information content (AvgIpc) is 2.47. The Labute approximate surface area is 132 Å². The lowest BCUT2D eigenvalue weighted by molar-refractivity contribution is -0.137.